The molecule has 0 aliphatic heterocycles. The van der Waals surface area contributed by atoms with Gasteiger partial charge in [0.15, 0.2) is 5.13 Å². The minimum absolute atomic E-state index is 0.124. The molecule has 5 heteroatoms. The molecular formula is C19H15N3OS. The number of fused-ring (bicyclic) bond motifs is 1. The molecule has 0 unspecified atom stereocenters. The van der Waals surface area contributed by atoms with Crippen LogP contribution in [0.3, 0.4) is 0 Å². The molecule has 0 aliphatic rings. The predicted octanol–water partition coefficient (Wildman–Crippen LogP) is 4.70. The highest BCUT2D eigenvalue weighted by molar-refractivity contribution is 7.14. The van der Waals surface area contributed by atoms with Gasteiger partial charge in [0.2, 0.25) is 0 Å². The van der Waals surface area contributed by atoms with Crippen LogP contribution in [0.25, 0.3) is 22.2 Å². The summed E-state index contributed by atoms with van der Waals surface area (Å²) in [5.41, 5.74) is 4.17. The number of pyridine rings is 1. The molecule has 2 N–H and O–H groups in total. The van der Waals surface area contributed by atoms with Crippen LogP contribution in [0.2, 0.25) is 0 Å². The summed E-state index contributed by atoms with van der Waals surface area (Å²) in [6.07, 6.45) is 0. The Morgan fingerprint density at radius 3 is 2.71 bits per heavy atom. The Hall–Kier alpha value is -2.92. The highest BCUT2D eigenvalue weighted by Crippen LogP contribution is 2.26. The zero-order chi connectivity index (χ0) is 16.5. The van der Waals surface area contributed by atoms with Crippen LogP contribution in [0.15, 0.2) is 64.8 Å². The topological polar surface area (TPSA) is 57.8 Å². The highest BCUT2D eigenvalue weighted by Gasteiger charge is 2.10. The van der Waals surface area contributed by atoms with E-state index < -0.39 is 0 Å². The molecule has 4 rings (SSSR count). The van der Waals surface area contributed by atoms with Crippen LogP contribution in [-0.2, 0) is 0 Å². The number of anilines is 2. The van der Waals surface area contributed by atoms with Gasteiger partial charge in [-0.2, -0.15) is 0 Å². The van der Waals surface area contributed by atoms with E-state index in [9.17, 15) is 4.79 Å². The molecule has 2 aromatic heterocycles. The first kappa shape index (κ1) is 14.7. The van der Waals surface area contributed by atoms with Crippen LogP contribution in [0.1, 0.15) is 5.56 Å². The minimum Gasteiger partial charge on any atom is -0.332 e. The third-order valence-corrected chi connectivity index (χ3v) is 4.59. The van der Waals surface area contributed by atoms with Gasteiger partial charge in [0.1, 0.15) is 0 Å². The largest absolute Gasteiger partial charge is 0.332 e. The average Bonchev–Trinajstić information content (AvgIpc) is 3.04. The quantitative estimate of drug-likeness (QED) is 0.571. The van der Waals surface area contributed by atoms with Crippen LogP contribution >= 0.6 is 11.3 Å². The van der Waals surface area contributed by atoms with Gasteiger partial charge < -0.3 is 10.3 Å². The predicted molar refractivity (Wildman–Crippen MR) is 100 cm³/mol. The fourth-order valence-electron chi connectivity index (χ4n) is 2.55. The van der Waals surface area contributed by atoms with E-state index in [1.807, 2.05) is 60.0 Å². The Morgan fingerprint density at radius 1 is 1.08 bits per heavy atom. The van der Waals surface area contributed by atoms with Gasteiger partial charge in [-0.1, -0.05) is 35.9 Å². The Balaban J connectivity index is 1.68. The number of H-pyrrole nitrogens is 1. The van der Waals surface area contributed by atoms with Crippen molar-refractivity contribution in [2.75, 3.05) is 5.32 Å². The van der Waals surface area contributed by atoms with Crippen molar-refractivity contribution in [1.29, 1.82) is 0 Å². The number of hydrogen-bond acceptors (Lipinski definition) is 4. The number of aromatic nitrogens is 2. The second-order valence-corrected chi connectivity index (χ2v) is 6.49. The molecule has 0 saturated heterocycles. The SMILES string of the molecule is Cc1ccc(Nc2nc(-c3cc4ccccc4[nH]c3=O)cs2)cc1. The van der Waals surface area contributed by atoms with Gasteiger partial charge in [0.05, 0.1) is 11.3 Å². The lowest BCUT2D eigenvalue weighted by atomic mass is 10.1. The van der Waals surface area contributed by atoms with Crippen LogP contribution in [0, 0.1) is 6.92 Å². The van der Waals surface area contributed by atoms with Crippen molar-refractivity contribution < 1.29 is 0 Å². The van der Waals surface area contributed by atoms with Gasteiger partial charge in [-0.15, -0.1) is 11.3 Å². The molecule has 4 nitrogen and oxygen atoms in total. The average molecular weight is 333 g/mol. The second-order valence-electron chi connectivity index (χ2n) is 5.63. The molecule has 118 valence electrons. The smallest absolute Gasteiger partial charge is 0.257 e. The van der Waals surface area contributed by atoms with Gasteiger partial charge in [0, 0.05) is 16.6 Å². The number of para-hydroxylation sites is 1. The molecule has 2 aromatic carbocycles. The van der Waals surface area contributed by atoms with Crippen LogP contribution in [0.4, 0.5) is 10.8 Å². The second kappa shape index (κ2) is 5.94. The van der Waals surface area contributed by atoms with E-state index in [-0.39, 0.29) is 5.56 Å². The molecule has 0 aliphatic carbocycles. The molecule has 0 amide bonds. The summed E-state index contributed by atoms with van der Waals surface area (Å²) in [5, 5.41) is 6.93. The molecule has 0 bridgehead atoms. The number of nitrogens with zero attached hydrogens (tertiary/aromatic N) is 1. The number of benzene rings is 2. The van der Waals surface area contributed by atoms with Crippen molar-refractivity contribution >= 4 is 33.1 Å². The first-order valence-electron chi connectivity index (χ1n) is 7.61. The Morgan fingerprint density at radius 2 is 1.88 bits per heavy atom. The minimum atomic E-state index is -0.124. The van der Waals surface area contributed by atoms with Crippen molar-refractivity contribution in [2.45, 2.75) is 6.92 Å². The Bertz CT molecular complexity index is 1060. The van der Waals surface area contributed by atoms with E-state index in [0.29, 0.717) is 11.3 Å². The van der Waals surface area contributed by atoms with E-state index in [4.69, 9.17) is 0 Å². The van der Waals surface area contributed by atoms with Crippen LogP contribution in [-0.4, -0.2) is 9.97 Å². The normalized spacial score (nSPS) is 10.9. The first-order valence-corrected chi connectivity index (χ1v) is 8.49. The third-order valence-electron chi connectivity index (χ3n) is 3.84. The van der Waals surface area contributed by atoms with Crippen molar-refractivity contribution in [1.82, 2.24) is 9.97 Å². The van der Waals surface area contributed by atoms with Gasteiger partial charge in [-0.3, -0.25) is 4.79 Å². The van der Waals surface area contributed by atoms with Crippen LogP contribution in [0.5, 0.6) is 0 Å². The third kappa shape index (κ3) is 2.81. The summed E-state index contributed by atoms with van der Waals surface area (Å²) in [6, 6.07) is 17.7. The lowest BCUT2D eigenvalue weighted by Crippen LogP contribution is -2.08. The van der Waals surface area contributed by atoms with E-state index in [2.05, 4.69) is 22.2 Å². The molecule has 0 saturated carbocycles. The maximum absolute atomic E-state index is 12.3. The summed E-state index contributed by atoms with van der Waals surface area (Å²) < 4.78 is 0. The molecule has 24 heavy (non-hydrogen) atoms. The Kier molecular flexibility index (Phi) is 3.63. The number of nitrogens with one attached hydrogen (secondary N) is 2. The van der Waals surface area contributed by atoms with Gasteiger partial charge in [-0.25, -0.2) is 4.98 Å². The number of hydrogen-bond donors (Lipinski definition) is 2. The first-order chi connectivity index (χ1) is 11.7. The molecule has 0 fully saturated rings. The van der Waals surface area contributed by atoms with E-state index in [1.54, 1.807) is 0 Å². The zero-order valence-electron chi connectivity index (χ0n) is 13.0. The monoisotopic (exact) mass is 333 g/mol. The molecule has 0 atom stereocenters. The van der Waals surface area contributed by atoms with Gasteiger partial charge in [0.25, 0.3) is 5.56 Å². The lowest BCUT2D eigenvalue weighted by molar-refractivity contribution is 1.28. The summed E-state index contributed by atoms with van der Waals surface area (Å²) in [7, 11) is 0. The van der Waals surface area contributed by atoms with Crippen LogP contribution < -0.4 is 10.9 Å². The number of aryl methyl sites for hydroxylation is 1. The fraction of sp³-hybridized carbons (Fsp3) is 0.0526. The van der Waals surface area contributed by atoms with Crippen molar-refractivity contribution in [3.8, 4) is 11.3 Å². The van der Waals surface area contributed by atoms with Crippen molar-refractivity contribution in [3.63, 3.8) is 0 Å². The van der Waals surface area contributed by atoms with Crippen molar-refractivity contribution in [3.05, 3.63) is 75.9 Å². The lowest BCUT2D eigenvalue weighted by Gasteiger charge is -2.03. The van der Waals surface area contributed by atoms with E-state index in [1.165, 1.54) is 16.9 Å². The standard InChI is InChI=1S/C19H15N3OS/c1-12-6-8-14(9-7-12)20-19-22-17(11-24-19)15-10-13-4-2-3-5-16(13)21-18(15)23/h2-11H,1H3,(H,20,22)(H,21,23). The summed E-state index contributed by atoms with van der Waals surface area (Å²) in [6.45, 7) is 2.05. The summed E-state index contributed by atoms with van der Waals surface area (Å²) >= 11 is 1.48. The molecular weight excluding hydrogens is 318 g/mol. The number of rotatable bonds is 3. The Labute approximate surface area is 142 Å². The maximum Gasteiger partial charge on any atom is 0.257 e. The summed E-state index contributed by atoms with van der Waals surface area (Å²) in [4.78, 5) is 19.8. The molecule has 0 radical (unpaired) electrons. The van der Waals surface area contributed by atoms with Gasteiger partial charge in [-0.05, 0) is 36.6 Å². The summed E-state index contributed by atoms with van der Waals surface area (Å²) in [5.74, 6) is 0. The van der Waals surface area contributed by atoms with Crippen molar-refractivity contribution in [2.24, 2.45) is 0 Å². The maximum atomic E-state index is 12.3. The molecule has 4 aromatic rings. The molecule has 0 spiro atoms. The fourth-order valence-corrected chi connectivity index (χ4v) is 3.28. The number of thiazole rings is 1. The highest BCUT2D eigenvalue weighted by atomic mass is 32.1. The van der Waals surface area contributed by atoms with Gasteiger partial charge >= 0.3 is 0 Å². The van der Waals surface area contributed by atoms with E-state index >= 15 is 0 Å². The van der Waals surface area contributed by atoms with E-state index in [0.717, 1.165) is 21.7 Å². The zero-order valence-corrected chi connectivity index (χ0v) is 13.9. The number of aromatic amines is 1. The molecule has 2 heterocycles.